The van der Waals surface area contributed by atoms with E-state index in [2.05, 4.69) is 21.8 Å². The van der Waals surface area contributed by atoms with Gasteiger partial charge >= 0.3 is 6.01 Å². The zero-order valence-corrected chi connectivity index (χ0v) is 16.4. The Morgan fingerprint density at radius 1 is 0.633 bits per heavy atom. The first-order valence-electron chi connectivity index (χ1n) is 9.64. The van der Waals surface area contributed by atoms with Gasteiger partial charge in [-0.25, -0.2) is 4.98 Å². The topological polar surface area (TPSA) is 44.2 Å². The van der Waals surface area contributed by atoms with Crippen LogP contribution in [0.2, 0.25) is 0 Å². The van der Waals surface area contributed by atoms with E-state index in [1.807, 2.05) is 91.0 Å². The molecule has 0 amide bonds. The van der Waals surface area contributed by atoms with Gasteiger partial charge in [-0.15, -0.1) is 0 Å². The second-order valence-electron chi connectivity index (χ2n) is 6.54. The quantitative estimate of drug-likeness (QED) is 0.432. The molecule has 1 heterocycles. The molecule has 0 atom stereocenters. The SMILES string of the molecule is C(#Cc1cnc(OCc2ccccc2)nc1OCc1ccccc1)c1ccccc1. The van der Waals surface area contributed by atoms with E-state index >= 15 is 0 Å². The van der Waals surface area contributed by atoms with Gasteiger partial charge in [-0.1, -0.05) is 90.7 Å². The number of rotatable bonds is 6. The molecule has 0 saturated carbocycles. The van der Waals surface area contributed by atoms with Crippen LogP contribution in [-0.4, -0.2) is 9.97 Å². The molecule has 4 aromatic rings. The van der Waals surface area contributed by atoms with Crippen LogP contribution in [0.4, 0.5) is 0 Å². The average molecular weight is 392 g/mol. The van der Waals surface area contributed by atoms with Crippen LogP contribution in [0, 0.1) is 11.8 Å². The van der Waals surface area contributed by atoms with Crippen molar-refractivity contribution >= 4 is 0 Å². The van der Waals surface area contributed by atoms with Gasteiger partial charge in [0.25, 0.3) is 0 Å². The molecule has 0 aliphatic rings. The standard InChI is InChI=1S/C26H20N2O2/c1-4-10-21(11-5-1)16-17-24-18-27-26(30-20-23-14-8-3-9-15-23)28-25(24)29-19-22-12-6-2-7-13-22/h1-15,18H,19-20H2. The van der Waals surface area contributed by atoms with Crippen molar-refractivity contribution in [1.82, 2.24) is 9.97 Å². The van der Waals surface area contributed by atoms with Crippen molar-refractivity contribution < 1.29 is 9.47 Å². The zero-order valence-electron chi connectivity index (χ0n) is 16.4. The summed E-state index contributed by atoms with van der Waals surface area (Å²) in [6.07, 6.45) is 1.64. The lowest BCUT2D eigenvalue weighted by Gasteiger charge is -2.10. The molecule has 4 nitrogen and oxygen atoms in total. The lowest BCUT2D eigenvalue weighted by molar-refractivity contribution is 0.258. The molecule has 0 bridgehead atoms. The fraction of sp³-hybridized carbons (Fsp3) is 0.0769. The van der Waals surface area contributed by atoms with E-state index in [0.29, 0.717) is 24.7 Å². The molecule has 0 N–H and O–H groups in total. The zero-order chi connectivity index (χ0) is 20.4. The second-order valence-corrected chi connectivity index (χ2v) is 6.54. The van der Waals surface area contributed by atoms with Gasteiger partial charge in [0.2, 0.25) is 5.88 Å². The molecular formula is C26H20N2O2. The highest BCUT2D eigenvalue weighted by Crippen LogP contribution is 2.19. The van der Waals surface area contributed by atoms with Crippen molar-refractivity contribution in [2.24, 2.45) is 0 Å². The highest BCUT2D eigenvalue weighted by Gasteiger charge is 2.09. The Kier molecular flexibility index (Phi) is 6.35. The molecule has 0 spiro atoms. The minimum Gasteiger partial charge on any atom is -0.472 e. The Morgan fingerprint density at radius 3 is 1.83 bits per heavy atom. The lowest BCUT2D eigenvalue weighted by atomic mass is 10.2. The van der Waals surface area contributed by atoms with Crippen LogP contribution in [0.3, 0.4) is 0 Å². The third-order valence-electron chi connectivity index (χ3n) is 4.28. The minimum absolute atomic E-state index is 0.257. The van der Waals surface area contributed by atoms with Gasteiger partial charge in [-0.2, -0.15) is 4.98 Å². The summed E-state index contributed by atoms with van der Waals surface area (Å²) in [7, 11) is 0. The predicted molar refractivity (Wildman–Crippen MR) is 116 cm³/mol. The normalized spacial score (nSPS) is 10.0. The summed E-state index contributed by atoms with van der Waals surface area (Å²) in [5, 5.41) is 0. The molecule has 1 aromatic heterocycles. The van der Waals surface area contributed by atoms with Crippen molar-refractivity contribution in [2.45, 2.75) is 13.2 Å². The number of benzene rings is 3. The first-order chi connectivity index (χ1) is 14.9. The Bertz CT molecular complexity index is 1140. The van der Waals surface area contributed by atoms with E-state index in [9.17, 15) is 0 Å². The first-order valence-corrected chi connectivity index (χ1v) is 9.64. The fourth-order valence-corrected chi connectivity index (χ4v) is 2.73. The summed E-state index contributed by atoms with van der Waals surface area (Å²) in [5.74, 6) is 6.64. The summed E-state index contributed by atoms with van der Waals surface area (Å²) < 4.78 is 11.7. The smallest absolute Gasteiger partial charge is 0.320 e. The number of hydrogen-bond donors (Lipinski definition) is 0. The van der Waals surface area contributed by atoms with E-state index in [0.717, 1.165) is 16.7 Å². The predicted octanol–water partition coefficient (Wildman–Crippen LogP) is 5.03. The van der Waals surface area contributed by atoms with Gasteiger partial charge in [0, 0.05) is 5.56 Å². The molecule has 30 heavy (non-hydrogen) atoms. The molecule has 0 aliphatic carbocycles. The summed E-state index contributed by atoms with van der Waals surface area (Å²) in [4.78, 5) is 8.76. The van der Waals surface area contributed by atoms with E-state index < -0.39 is 0 Å². The van der Waals surface area contributed by atoms with Gasteiger partial charge in [-0.05, 0) is 23.3 Å². The molecule has 0 saturated heterocycles. The Labute approximate surface area is 176 Å². The van der Waals surface area contributed by atoms with Crippen LogP contribution in [-0.2, 0) is 13.2 Å². The number of aromatic nitrogens is 2. The van der Waals surface area contributed by atoms with Crippen LogP contribution in [0.1, 0.15) is 22.3 Å². The van der Waals surface area contributed by atoms with Crippen LogP contribution < -0.4 is 9.47 Å². The molecule has 4 rings (SSSR count). The summed E-state index contributed by atoms with van der Waals surface area (Å²) in [5.41, 5.74) is 3.61. The molecule has 4 heteroatoms. The maximum atomic E-state index is 5.97. The van der Waals surface area contributed by atoms with E-state index in [1.165, 1.54) is 0 Å². The van der Waals surface area contributed by atoms with E-state index in [-0.39, 0.29) is 6.01 Å². The fourth-order valence-electron chi connectivity index (χ4n) is 2.73. The molecule has 0 fully saturated rings. The van der Waals surface area contributed by atoms with Crippen LogP contribution >= 0.6 is 0 Å². The van der Waals surface area contributed by atoms with Crippen molar-refractivity contribution in [2.75, 3.05) is 0 Å². The van der Waals surface area contributed by atoms with Gasteiger partial charge in [0.05, 0.1) is 6.20 Å². The van der Waals surface area contributed by atoms with Crippen molar-refractivity contribution in [3.05, 3.63) is 119 Å². The third kappa shape index (κ3) is 5.46. The van der Waals surface area contributed by atoms with Crippen LogP contribution in [0.5, 0.6) is 11.9 Å². The van der Waals surface area contributed by atoms with Crippen molar-refractivity contribution in [3.8, 4) is 23.7 Å². The Hall–Kier alpha value is -4.10. The molecule has 0 unspecified atom stereocenters. The van der Waals surface area contributed by atoms with Crippen molar-refractivity contribution in [1.29, 1.82) is 0 Å². The maximum Gasteiger partial charge on any atom is 0.320 e. The monoisotopic (exact) mass is 392 g/mol. The number of ether oxygens (including phenoxy) is 2. The molecule has 0 radical (unpaired) electrons. The van der Waals surface area contributed by atoms with Crippen LogP contribution in [0.15, 0.2) is 97.2 Å². The lowest BCUT2D eigenvalue weighted by Crippen LogP contribution is -2.04. The van der Waals surface area contributed by atoms with Gasteiger partial charge in [0.15, 0.2) is 0 Å². The second kappa shape index (κ2) is 9.90. The Balaban J connectivity index is 1.55. The molecular weight excluding hydrogens is 372 g/mol. The number of hydrogen-bond acceptors (Lipinski definition) is 4. The van der Waals surface area contributed by atoms with Crippen molar-refractivity contribution in [3.63, 3.8) is 0 Å². The molecule has 146 valence electrons. The maximum absolute atomic E-state index is 5.97. The van der Waals surface area contributed by atoms with Gasteiger partial charge in [0.1, 0.15) is 18.8 Å². The van der Waals surface area contributed by atoms with Gasteiger partial charge in [-0.3, -0.25) is 0 Å². The Morgan fingerprint density at radius 2 is 1.20 bits per heavy atom. The van der Waals surface area contributed by atoms with Gasteiger partial charge < -0.3 is 9.47 Å². The minimum atomic E-state index is 0.257. The largest absolute Gasteiger partial charge is 0.472 e. The van der Waals surface area contributed by atoms with Crippen LogP contribution in [0.25, 0.3) is 0 Å². The summed E-state index contributed by atoms with van der Waals surface area (Å²) in [6.45, 7) is 0.768. The highest BCUT2D eigenvalue weighted by atomic mass is 16.5. The average Bonchev–Trinajstić information content (AvgIpc) is 2.82. The third-order valence-corrected chi connectivity index (χ3v) is 4.28. The number of nitrogens with zero attached hydrogens (tertiary/aromatic N) is 2. The van der Waals surface area contributed by atoms with E-state index in [4.69, 9.17) is 9.47 Å². The molecule has 0 aliphatic heterocycles. The highest BCUT2D eigenvalue weighted by molar-refractivity contribution is 5.46. The summed E-state index contributed by atoms with van der Waals surface area (Å²) >= 11 is 0. The first kappa shape index (κ1) is 19.2. The molecule has 3 aromatic carbocycles. The summed E-state index contributed by atoms with van der Waals surface area (Å²) in [6, 6.07) is 29.8. The van der Waals surface area contributed by atoms with E-state index in [1.54, 1.807) is 6.20 Å².